The van der Waals surface area contributed by atoms with Crippen molar-refractivity contribution in [1.82, 2.24) is 0 Å². The zero-order valence-electron chi connectivity index (χ0n) is 8.59. The van der Waals surface area contributed by atoms with Crippen molar-refractivity contribution in [2.75, 3.05) is 6.61 Å². The second-order valence-corrected chi connectivity index (χ2v) is 4.09. The van der Waals surface area contributed by atoms with Gasteiger partial charge in [0.25, 0.3) is 6.47 Å². The van der Waals surface area contributed by atoms with Crippen molar-refractivity contribution in [3.8, 4) is 0 Å². The summed E-state index contributed by atoms with van der Waals surface area (Å²) in [5.74, 6) is 0.599. The predicted octanol–water partition coefficient (Wildman–Crippen LogP) is 2.62. The summed E-state index contributed by atoms with van der Waals surface area (Å²) in [4.78, 5) is 10.0. The van der Waals surface area contributed by atoms with Gasteiger partial charge in [0.2, 0.25) is 0 Å². The molecule has 0 saturated heterocycles. The van der Waals surface area contributed by atoms with Crippen molar-refractivity contribution < 1.29 is 9.53 Å². The molecule has 0 N–H and O–H groups in total. The van der Waals surface area contributed by atoms with E-state index in [9.17, 15) is 4.79 Å². The van der Waals surface area contributed by atoms with Gasteiger partial charge < -0.3 is 4.74 Å². The third kappa shape index (κ3) is 3.74. The molecule has 0 aromatic rings. The van der Waals surface area contributed by atoms with Crippen molar-refractivity contribution in [2.45, 2.75) is 40.5 Å². The molecule has 0 rings (SSSR count). The maximum Gasteiger partial charge on any atom is 0.293 e. The lowest BCUT2D eigenvalue weighted by Gasteiger charge is -2.30. The third-order valence-corrected chi connectivity index (χ3v) is 2.58. The second-order valence-electron chi connectivity index (χ2n) is 4.09. The molecular weight excluding hydrogens is 152 g/mol. The Balaban J connectivity index is 3.89. The summed E-state index contributed by atoms with van der Waals surface area (Å²) in [6.45, 7) is 9.70. The van der Waals surface area contributed by atoms with Gasteiger partial charge >= 0.3 is 0 Å². The highest BCUT2D eigenvalue weighted by Gasteiger charge is 2.25. The Morgan fingerprint density at radius 1 is 1.50 bits per heavy atom. The molecule has 0 fully saturated rings. The maximum absolute atomic E-state index is 10.0. The van der Waals surface area contributed by atoms with E-state index in [0.717, 1.165) is 0 Å². The van der Waals surface area contributed by atoms with Gasteiger partial charge in [0.15, 0.2) is 0 Å². The van der Waals surface area contributed by atoms with Crippen LogP contribution in [0.4, 0.5) is 0 Å². The van der Waals surface area contributed by atoms with Gasteiger partial charge in [-0.3, -0.25) is 4.79 Å². The average Bonchev–Trinajstić information content (AvgIpc) is 2.01. The average molecular weight is 172 g/mol. The normalized spacial score (nSPS) is 14.0. The molecule has 12 heavy (non-hydrogen) atoms. The zero-order valence-corrected chi connectivity index (χ0v) is 8.59. The van der Waals surface area contributed by atoms with E-state index >= 15 is 0 Å². The van der Waals surface area contributed by atoms with Gasteiger partial charge in [0, 0.05) is 5.41 Å². The van der Waals surface area contributed by atoms with E-state index in [0.29, 0.717) is 19.0 Å². The molecule has 0 aromatic heterocycles. The van der Waals surface area contributed by atoms with Crippen LogP contribution in [0.1, 0.15) is 40.5 Å². The minimum Gasteiger partial charge on any atom is -0.467 e. The maximum atomic E-state index is 10.0. The molecule has 0 aliphatic carbocycles. The largest absolute Gasteiger partial charge is 0.467 e. The molecule has 0 aliphatic heterocycles. The molecule has 0 radical (unpaired) electrons. The van der Waals surface area contributed by atoms with Crippen LogP contribution in [0.15, 0.2) is 0 Å². The summed E-state index contributed by atoms with van der Waals surface area (Å²) in [6, 6.07) is 0. The molecule has 72 valence electrons. The number of carbonyl (C=O) groups excluding carboxylic acids is 1. The van der Waals surface area contributed by atoms with Gasteiger partial charge in [0.05, 0.1) is 6.61 Å². The predicted molar refractivity (Wildman–Crippen MR) is 49.9 cm³/mol. The lowest BCUT2D eigenvalue weighted by molar-refractivity contribution is -0.132. The van der Waals surface area contributed by atoms with Crippen LogP contribution in [-0.4, -0.2) is 13.1 Å². The number of hydrogen-bond acceptors (Lipinski definition) is 2. The minimum absolute atomic E-state index is 0.108. The van der Waals surface area contributed by atoms with Crippen molar-refractivity contribution in [1.29, 1.82) is 0 Å². The van der Waals surface area contributed by atoms with E-state index < -0.39 is 0 Å². The fourth-order valence-corrected chi connectivity index (χ4v) is 1.21. The van der Waals surface area contributed by atoms with Crippen LogP contribution in [0.2, 0.25) is 0 Å². The Labute approximate surface area is 75.3 Å². The van der Waals surface area contributed by atoms with Crippen molar-refractivity contribution >= 4 is 6.47 Å². The Bertz CT molecular complexity index is 130. The molecule has 0 bridgehead atoms. The Hall–Kier alpha value is -0.530. The summed E-state index contributed by atoms with van der Waals surface area (Å²) in [7, 11) is 0. The lowest BCUT2D eigenvalue weighted by Crippen LogP contribution is -2.27. The van der Waals surface area contributed by atoms with Crippen LogP contribution in [0, 0.1) is 11.3 Å². The summed E-state index contributed by atoms with van der Waals surface area (Å²) >= 11 is 0. The van der Waals surface area contributed by atoms with Gasteiger partial charge in [-0.1, -0.05) is 40.5 Å². The Kier molecular flexibility index (Phi) is 4.95. The van der Waals surface area contributed by atoms with Crippen LogP contribution in [0.5, 0.6) is 0 Å². The van der Waals surface area contributed by atoms with E-state index in [1.54, 1.807) is 0 Å². The summed E-state index contributed by atoms with van der Waals surface area (Å²) < 4.78 is 4.79. The highest BCUT2D eigenvalue weighted by Crippen LogP contribution is 2.29. The fourth-order valence-electron chi connectivity index (χ4n) is 1.21. The van der Waals surface area contributed by atoms with Gasteiger partial charge in [-0.05, 0) is 5.92 Å². The van der Waals surface area contributed by atoms with Gasteiger partial charge in [-0.25, -0.2) is 0 Å². The molecule has 0 aliphatic rings. The number of carbonyl (C=O) groups is 1. The second kappa shape index (κ2) is 5.18. The first kappa shape index (κ1) is 11.5. The molecule has 0 spiro atoms. The first-order valence-electron chi connectivity index (χ1n) is 4.60. The van der Waals surface area contributed by atoms with Gasteiger partial charge in [0.1, 0.15) is 0 Å². The van der Waals surface area contributed by atoms with E-state index in [1.807, 2.05) is 0 Å². The molecule has 0 heterocycles. The third-order valence-electron chi connectivity index (χ3n) is 2.58. The summed E-state index contributed by atoms with van der Waals surface area (Å²) in [6.07, 6.45) is 2.38. The monoisotopic (exact) mass is 172 g/mol. The van der Waals surface area contributed by atoms with Crippen molar-refractivity contribution in [3.63, 3.8) is 0 Å². The number of ether oxygens (including phenoxy) is 1. The highest BCUT2D eigenvalue weighted by molar-refractivity contribution is 5.36. The van der Waals surface area contributed by atoms with Crippen LogP contribution in [0.25, 0.3) is 0 Å². The SMILES string of the molecule is CCCC(C)C(C)(C)COC=O. The summed E-state index contributed by atoms with van der Waals surface area (Å²) in [5.41, 5.74) is 0.108. The smallest absolute Gasteiger partial charge is 0.293 e. The van der Waals surface area contributed by atoms with Gasteiger partial charge in [-0.15, -0.1) is 0 Å². The fraction of sp³-hybridized carbons (Fsp3) is 0.900. The number of rotatable bonds is 6. The molecule has 1 atom stereocenters. The molecule has 0 saturated carbocycles. The molecular formula is C10H20O2. The van der Waals surface area contributed by atoms with Crippen LogP contribution < -0.4 is 0 Å². The topological polar surface area (TPSA) is 26.3 Å². The standard InChI is InChI=1S/C10H20O2/c1-5-6-9(2)10(3,4)7-12-8-11/h8-9H,5-7H2,1-4H3. The zero-order chi connectivity index (χ0) is 9.61. The molecule has 2 heteroatoms. The molecule has 2 nitrogen and oxygen atoms in total. The van der Waals surface area contributed by atoms with Crippen LogP contribution in [-0.2, 0) is 9.53 Å². The van der Waals surface area contributed by atoms with E-state index in [2.05, 4.69) is 27.7 Å². The lowest BCUT2D eigenvalue weighted by atomic mass is 9.78. The van der Waals surface area contributed by atoms with Crippen LogP contribution >= 0.6 is 0 Å². The van der Waals surface area contributed by atoms with Gasteiger partial charge in [-0.2, -0.15) is 0 Å². The number of hydrogen-bond donors (Lipinski definition) is 0. The van der Waals surface area contributed by atoms with Crippen molar-refractivity contribution in [3.05, 3.63) is 0 Å². The molecule has 1 unspecified atom stereocenters. The Morgan fingerprint density at radius 2 is 2.08 bits per heavy atom. The van der Waals surface area contributed by atoms with Crippen molar-refractivity contribution in [2.24, 2.45) is 11.3 Å². The van der Waals surface area contributed by atoms with E-state index in [4.69, 9.17) is 4.74 Å². The quantitative estimate of drug-likeness (QED) is 0.576. The summed E-state index contributed by atoms with van der Waals surface area (Å²) in [5, 5.41) is 0. The van der Waals surface area contributed by atoms with E-state index in [-0.39, 0.29) is 5.41 Å². The molecule has 0 amide bonds. The molecule has 0 aromatic carbocycles. The minimum atomic E-state index is 0.108. The Morgan fingerprint density at radius 3 is 2.50 bits per heavy atom. The van der Waals surface area contributed by atoms with Crippen LogP contribution in [0.3, 0.4) is 0 Å². The first-order valence-corrected chi connectivity index (χ1v) is 4.60. The highest BCUT2D eigenvalue weighted by atomic mass is 16.5. The van der Waals surface area contributed by atoms with E-state index in [1.165, 1.54) is 12.8 Å². The first-order chi connectivity index (χ1) is 5.54.